The summed E-state index contributed by atoms with van der Waals surface area (Å²) in [5.74, 6) is 1.21. The van der Waals surface area contributed by atoms with Crippen LogP contribution in [0.1, 0.15) is 67.8 Å². The summed E-state index contributed by atoms with van der Waals surface area (Å²) in [4.78, 5) is 21.9. The summed E-state index contributed by atoms with van der Waals surface area (Å²) in [5, 5.41) is 3.47. The van der Waals surface area contributed by atoms with Gasteiger partial charge in [-0.1, -0.05) is 18.6 Å². The minimum Gasteiger partial charge on any atom is -0.357 e. The fourth-order valence-electron chi connectivity index (χ4n) is 4.83. The third kappa shape index (κ3) is 5.25. The van der Waals surface area contributed by atoms with Crippen LogP contribution in [-0.2, 0) is 6.54 Å². The lowest BCUT2D eigenvalue weighted by Crippen LogP contribution is -2.42. The van der Waals surface area contributed by atoms with Crippen molar-refractivity contribution < 1.29 is 4.79 Å². The van der Waals surface area contributed by atoms with Gasteiger partial charge >= 0.3 is 0 Å². The van der Waals surface area contributed by atoms with Crippen LogP contribution in [0.25, 0.3) is 0 Å². The van der Waals surface area contributed by atoms with Crippen molar-refractivity contribution in [3.8, 4) is 0 Å². The van der Waals surface area contributed by atoms with Crippen molar-refractivity contribution in [1.29, 1.82) is 0 Å². The van der Waals surface area contributed by atoms with Crippen molar-refractivity contribution in [3.05, 3.63) is 35.4 Å². The van der Waals surface area contributed by atoms with Crippen molar-refractivity contribution >= 4 is 35.8 Å². The molecule has 1 N–H and O–H groups in total. The molecule has 2 heterocycles. The zero-order valence-corrected chi connectivity index (χ0v) is 20.0. The maximum atomic E-state index is 12.6. The Balaban J connectivity index is 0.00000240. The van der Waals surface area contributed by atoms with E-state index in [1.165, 1.54) is 32.1 Å². The molecule has 4 rings (SSSR count). The fraction of sp³-hybridized carbons (Fsp3) is 0.652. The number of likely N-dealkylation sites (tertiary alicyclic amines) is 2. The quantitative estimate of drug-likeness (QED) is 0.374. The maximum Gasteiger partial charge on any atom is 0.253 e. The molecule has 3 aliphatic rings. The van der Waals surface area contributed by atoms with Gasteiger partial charge in [0.2, 0.25) is 0 Å². The van der Waals surface area contributed by atoms with Gasteiger partial charge in [0.15, 0.2) is 5.96 Å². The van der Waals surface area contributed by atoms with Crippen LogP contribution < -0.4 is 5.32 Å². The lowest BCUT2D eigenvalue weighted by molar-refractivity contribution is 0.0724. The second-order valence-corrected chi connectivity index (χ2v) is 8.75. The predicted molar refractivity (Wildman–Crippen MR) is 129 cm³/mol. The number of halogens is 1. The number of nitrogens with zero attached hydrogens (tertiary/aromatic N) is 3. The molecule has 0 atom stereocenters. The zero-order chi connectivity index (χ0) is 19.4. The van der Waals surface area contributed by atoms with Gasteiger partial charge < -0.3 is 15.1 Å². The number of nitrogens with one attached hydrogen (secondary N) is 1. The van der Waals surface area contributed by atoms with Gasteiger partial charge in [-0.2, -0.15) is 0 Å². The molecule has 2 aliphatic heterocycles. The highest BCUT2D eigenvalue weighted by Crippen LogP contribution is 2.47. The van der Waals surface area contributed by atoms with Gasteiger partial charge in [-0.25, -0.2) is 4.99 Å². The minimum atomic E-state index is 0. The van der Waals surface area contributed by atoms with E-state index in [1.54, 1.807) is 0 Å². The first kappa shape index (κ1) is 22.4. The summed E-state index contributed by atoms with van der Waals surface area (Å²) >= 11 is 0. The molecule has 1 amide bonds. The molecule has 29 heavy (non-hydrogen) atoms. The smallest absolute Gasteiger partial charge is 0.253 e. The highest BCUT2D eigenvalue weighted by molar-refractivity contribution is 14.0. The molecule has 3 fully saturated rings. The number of guanidine groups is 1. The van der Waals surface area contributed by atoms with Gasteiger partial charge in [-0.05, 0) is 68.6 Å². The number of aliphatic imine (C=N–C) groups is 1. The molecule has 0 bridgehead atoms. The Labute approximate surface area is 192 Å². The molecule has 0 unspecified atom stereocenters. The molecule has 0 aromatic heterocycles. The van der Waals surface area contributed by atoms with Crippen molar-refractivity contribution in [2.24, 2.45) is 10.4 Å². The number of hydrogen-bond donors (Lipinski definition) is 1. The van der Waals surface area contributed by atoms with E-state index in [-0.39, 0.29) is 29.9 Å². The number of rotatable bonds is 4. The average Bonchev–Trinajstić information content (AvgIpc) is 3.18. The molecule has 0 radical (unpaired) electrons. The number of carbonyl (C=O) groups is 1. The highest BCUT2D eigenvalue weighted by Gasteiger charge is 2.43. The first-order chi connectivity index (χ1) is 13.7. The van der Waals surface area contributed by atoms with Crippen LogP contribution in [0.5, 0.6) is 0 Å². The van der Waals surface area contributed by atoms with Crippen LogP contribution in [0, 0.1) is 5.41 Å². The summed E-state index contributed by atoms with van der Waals surface area (Å²) in [5.41, 5.74) is 2.53. The van der Waals surface area contributed by atoms with Gasteiger partial charge in [-0.3, -0.25) is 4.79 Å². The number of amides is 1. The number of carbonyl (C=O) groups excluding carboxylic acids is 1. The Hall–Kier alpha value is -1.31. The molecular weight excluding hydrogens is 475 g/mol. The van der Waals surface area contributed by atoms with E-state index in [4.69, 9.17) is 4.99 Å². The van der Waals surface area contributed by atoms with Gasteiger partial charge in [0.25, 0.3) is 5.91 Å². The summed E-state index contributed by atoms with van der Waals surface area (Å²) in [6.07, 6.45) is 8.97. The van der Waals surface area contributed by atoms with E-state index in [2.05, 4.69) is 29.3 Å². The van der Waals surface area contributed by atoms with Gasteiger partial charge in [-0.15, -0.1) is 24.0 Å². The molecule has 6 heteroatoms. The Bertz CT molecular complexity index is 708. The minimum absolute atomic E-state index is 0. The molecule has 1 spiro atoms. The van der Waals surface area contributed by atoms with Crippen LogP contribution in [0.3, 0.4) is 0 Å². The van der Waals surface area contributed by atoms with E-state index in [0.717, 1.165) is 62.7 Å². The molecule has 160 valence electrons. The Morgan fingerprint density at radius 3 is 2.31 bits per heavy atom. The Morgan fingerprint density at radius 1 is 1.00 bits per heavy atom. The summed E-state index contributed by atoms with van der Waals surface area (Å²) in [7, 11) is 0. The number of piperidine rings is 1. The van der Waals surface area contributed by atoms with Gasteiger partial charge in [0.1, 0.15) is 0 Å². The summed E-state index contributed by atoms with van der Waals surface area (Å²) in [6, 6.07) is 8.05. The van der Waals surface area contributed by atoms with E-state index in [0.29, 0.717) is 12.0 Å². The number of hydrogen-bond acceptors (Lipinski definition) is 2. The third-order valence-electron chi connectivity index (χ3n) is 6.74. The van der Waals surface area contributed by atoms with Gasteiger partial charge in [0, 0.05) is 38.3 Å². The molecule has 2 saturated heterocycles. The maximum absolute atomic E-state index is 12.6. The van der Waals surface area contributed by atoms with Crippen molar-refractivity contribution in [2.45, 2.75) is 58.4 Å². The SMILES string of the molecule is CCNC(=NCc1ccc(C(=O)N2CCCCC2)cc1)N1CCC2(CCC2)C1.I. The van der Waals surface area contributed by atoms with Crippen molar-refractivity contribution in [3.63, 3.8) is 0 Å². The van der Waals surface area contributed by atoms with E-state index >= 15 is 0 Å². The Kier molecular flexibility index (Phi) is 7.82. The monoisotopic (exact) mass is 510 g/mol. The lowest BCUT2D eigenvalue weighted by atomic mass is 9.68. The second-order valence-electron chi connectivity index (χ2n) is 8.75. The highest BCUT2D eigenvalue weighted by atomic mass is 127. The standard InChI is InChI=1S/C23H34N4O.HI/c1-2-24-22(27-16-13-23(18-27)11-6-12-23)25-17-19-7-9-20(10-8-19)21(28)26-14-4-3-5-15-26;/h7-10H,2-6,11-18H2,1H3,(H,24,25);1H. The molecule has 5 nitrogen and oxygen atoms in total. The molecular formula is C23H35IN4O. The predicted octanol–water partition coefficient (Wildman–Crippen LogP) is 4.27. The molecule has 1 aromatic carbocycles. The first-order valence-corrected chi connectivity index (χ1v) is 11.1. The molecule has 1 aromatic rings. The van der Waals surface area contributed by atoms with Crippen molar-refractivity contribution in [1.82, 2.24) is 15.1 Å². The van der Waals surface area contributed by atoms with Crippen LogP contribution in [0.4, 0.5) is 0 Å². The first-order valence-electron chi connectivity index (χ1n) is 11.1. The summed E-state index contributed by atoms with van der Waals surface area (Å²) < 4.78 is 0. The van der Waals surface area contributed by atoms with Crippen LogP contribution >= 0.6 is 24.0 Å². The van der Waals surface area contributed by atoms with Crippen LogP contribution in [-0.4, -0.2) is 54.4 Å². The normalized spacial score (nSPS) is 20.9. The number of benzene rings is 1. The van der Waals surface area contributed by atoms with Crippen LogP contribution in [0.2, 0.25) is 0 Å². The van der Waals surface area contributed by atoms with E-state index in [1.807, 2.05) is 17.0 Å². The Morgan fingerprint density at radius 2 is 1.72 bits per heavy atom. The fourth-order valence-corrected chi connectivity index (χ4v) is 4.83. The third-order valence-corrected chi connectivity index (χ3v) is 6.74. The average molecular weight is 510 g/mol. The summed E-state index contributed by atoms with van der Waals surface area (Å²) in [6.45, 7) is 7.75. The lowest BCUT2D eigenvalue weighted by Gasteiger charge is -2.38. The second kappa shape index (κ2) is 10.1. The van der Waals surface area contributed by atoms with Gasteiger partial charge in [0.05, 0.1) is 6.54 Å². The molecule has 1 saturated carbocycles. The van der Waals surface area contributed by atoms with E-state index < -0.39 is 0 Å². The van der Waals surface area contributed by atoms with Crippen molar-refractivity contribution in [2.75, 3.05) is 32.7 Å². The molecule has 1 aliphatic carbocycles. The van der Waals surface area contributed by atoms with E-state index in [9.17, 15) is 4.79 Å². The largest absolute Gasteiger partial charge is 0.357 e. The van der Waals surface area contributed by atoms with Crippen LogP contribution in [0.15, 0.2) is 29.3 Å². The topological polar surface area (TPSA) is 47.9 Å². The zero-order valence-electron chi connectivity index (χ0n) is 17.7.